The number of rotatable bonds is 6. The van der Waals surface area contributed by atoms with Gasteiger partial charge in [-0.15, -0.1) is 0 Å². The van der Waals surface area contributed by atoms with E-state index in [1.807, 2.05) is 0 Å². The molecule has 0 bridgehead atoms. The van der Waals surface area contributed by atoms with E-state index in [4.69, 9.17) is 5.11 Å². The molecule has 7 heteroatoms. The van der Waals surface area contributed by atoms with Crippen molar-refractivity contribution < 1.29 is 19.5 Å². The van der Waals surface area contributed by atoms with Crippen molar-refractivity contribution >= 4 is 17.9 Å². The third kappa shape index (κ3) is 5.15. The normalized spacial score (nSPS) is 17.2. The summed E-state index contributed by atoms with van der Waals surface area (Å²) in [5.74, 6) is -0.910. The third-order valence-electron chi connectivity index (χ3n) is 3.06. The van der Waals surface area contributed by atoms with Crippen LogP contribution in [-0.2, 0) is 9.59 Å². The van der Waals surface area contributed by atoms with E-state index in [0.717, 1.165) is 12.8 Å². The molecule has 2 unspecified atom stereocenters. The quantitative estimate of drug-likeness (QED) is 0.634. The van der Waals surface area contributed by atoms with Gasteiger partial charge in [-0.3, -0.25) is 9.59 Å². The molecule has 108 valence electrons. The Hall–Kier alpha value is -1.79. The molecule has 7 nitrogen and oxygen atoms in total. The molecule has 3 N–H and O–H groups in total. The van der Waals surface area contributed by atoms with Crippen molar-refractivity contribution in [3.8, 4) is 0 Å². The molecule has 0 heterocycles. The number of urea groups is 1. The van der Waals surface area contributed by atoms with Crippen LogP contribution in [0.1, 0.15) is 26.2 Å². The van der Waals surface area contributed by atoms with E-state index in [9.17, 15) is 14.4 Å². The number of hydrogen-bond donors (Lipinski definition) is 3. The maximum atomic E-state index is 11.7. The highest BCUT2D eigenvalue weighted by Crippen LogP contribution is 2.33. The van der Waals surface area contributed by atoms with Crippen LogP contribution in [0.3, 0.4) is 0 Å². The molecule has 1 rings (SSSR count). The zero-order chi connectivity index (χ0) is 14.6. The van der Waals surface area contributed by atoms with Crippen LogP contribution in [0.4, 0.5) is 4.79 Å². The van der Waals surface area contributed by atoms with E-state index in [2.05, 4.69) is 10.6 Å². The lowest BCUT2D eigenvalue weighted by atomic mass is 10.1. The first-order chi connectivity index (χ1) is 8.81. The first-order valence-corrected chi connectivity index (χ1v) is 6.31. The van der Waals surface area contributed by atoms with Gasteiger partial charge in [0, 0.05) is 20.1 Å². The molecule has 0 spiro atoms. The lowest BCUT2D eigenvalue weighted by Gasteiger charge is -2.21. The Bertz CT molecular complexity index is 366. The molecule has 1 aliphatic rings. The Morgan fingerprint density at radius 1 is 1.26 bits per heavy atom. The minimum absolute atomic E-state index is 0.0892. The van der Waals surface area contributed by atoms with Crippen molar-refractivity contribution in [3.05, 3.63) is 0 Å². The molecule has 0 saturated heterocycles. The fourth-order valence-corrected chi connectivity index (χ4v) is 1.88. The van der Waals surface area contributed by atoms with E-state index >= 15 is 0 Å². The van der Waals surface area contributed by atoms with Crippen molar-refractivity contribution in [1.29, 1.82) is 0 Å². The summed E-state index contributed by atoms with van der Waals surface area (Å²) in [6.45, 7) is 1.59. The Morgan fingerprint density at radius 2 is 1.84 bits per heavy atom. The van der Waals surface area contributed by atoms with Crippen LogP contribution in [0.15, 0.2) is 0 Å². The van der Waals surface area contributed by atoms with Crippen molar-refractivity contribution in [2.75, 3.05) is 14.1 Å². The number of nitrogens with one attached hydrogen (secondary N) is 2. The number of nitrogens with zero attached hydrogens (tertiary/aromatic N) is 1. The van der Waals surface area contributed by atoms with Gasteiger partial charge in [0.05, 0.1) is 6.42 Å². The Balaban J connectivity index is 2.44. The summed E-state index contributed by atoms with van der Waals surface area (Å²) in [6.07, 6.45) is 1.78. The SMILES string of the molecule is CC(NC(=O)NC(CC(=O)O)C1CC1)C(=O)N(C)C. The average molecular weight is 271 g/mol. The lowest BCUT2D eigenvalue weighted by molar-refractivity contribution is -0.137. The number of carboxylic acid groups (broad SMARTS) is 1. The van der Waals surface area contributed by atoms with Gasteiger partial charge in [0.1, 0.15) is 6.04 Å². The summed E-state index contributed by atoms with van der Waals surface area (Å²) in [5.41, 5.74) is 0. The molecule has 0 aromatic rings. The van der Waals surface area contributed by atoms with E-state index in [1.165, 1.54) is 4.90 Å². The highest BCUT2D eigenvalue weighted by atomic mass is 16.4. The molecule has 3 amide bonds. The number of carboxylic acids is 1. The van der Waals surface area contributed by atoms with Gasteiger partial charge in [-0.2, -0.15) is 0 Å². The number of carbonyl (C=O) groups is 3. The second-order valence-electron chi connectivity index (χ2n) is 5.11. The molecule has 0 aromatic heterocycles. The molecular weight excluding hydrogens is 250 g/mol. The van der Waals surface area contributed by atoms with Crippen molar-refractivity contribution in [2.24, 2.45) is 5.92 Å². The molecule has 0 aliphatic heterocycles. The van der Waals surface area contributed by atoms with Crippen LogP contribution in [0.5, 0.6) is 0 Å². The van der Waals surface area contributed by atoms with Crippen molar-refractivity contribution in [2.45, 2.75) is 38.3 Å². The number of aliphatic carboxylic acids is 1. The first-order valence-electron chi connectivity index (χ1n) is 6.31. The van der Waals surface area contributed by atoms with Gasteiger partial charge in [-0.25, -0.2) is 4.79 Å². The summed E-state index contributed by atoms with van der Waals surface area (Å²) in [4.78, 5) is 35.4. The van der Waals surface area contributed by atoms with Crippen molar-refractivity contribution in [1.82, 2.24) is 15.5 Å². The van der Waals surface area contributed by atoms with E-state index in [-0.39, 0.29) is 24.3 Å². The van der Waals surface area contributed by atoms with Crippen LogP contribution in [0.25, 0.3) is 0 Å². The average Bonchev–Trinajstić information content (AvgIpc) is 3.09. The smallest absolute Gasteiger partial charge is 0.315 e. The predicted octanol–water partition coefficient (Wildman–Crippen LogP) is 0.0156. The zero-order valence-electron chi connectivity index (χ0n) is 11.5. The molecule has 19 heavy (non-hydrogen) atoms. The second kappa shape index (κ2) is 6.40. The Morgan fingerprint density at radius 3 is 2.26 bits per heavy atom. The summed E-state index contributed by atoms with van der Waals surface area (Å²) in [7, 11) is 3.21. The molecule has 0 aromatic carbocycles. The van der Waals surface area contributed by atoms with E-state index in [0.29, 0.717) is 0 Å². The minimum atomic E-state index is -0.936. The third-order valence-corrected chi connectivity index (χ3v) is 3.06. The van der Waals surface area contributed by atoms with Gasteiger partial charge in [0.15, 0.2) is 0 Å². The monoisotopic (exact) mass is 271 g/mol. The fourth-order valence-electron chi connectivity index (χ4n) is 1.88. The topological polar surface area (TPSA) is 98.7 Å². The first kappa shape index (κ1) is 15.3. The largest absolute Gasteiger partial charge is 0.481 e. The summed E-state index contributed by atoms with van der Waals surface area (Å²) in [6, 6.07) is -1.50. The Kier molecular flexibility index (Phi) is 5.14. The van der Waals surface area contributed by atoms with E-state index in [1.54, 1.807) is 21.0 Å². The van der Waals surface area contributed by atoms with E-state index < -0.39 is 18.0 Å². The highest BCUT2D eigenvalue weighted by Gasteiger charge is 2.34. The minimum Gasteiger partial charge on any atom is -0.481 e. The van der Waals surface area contributed by atoms with Crippen LogP contribution < -0.4 is 10.6 Å². The lowest BCUT2D eigenvalue weighted by Crippen LogP contribution is -2.51. The van der Waals surface area contributed by atoms with Gasteiger partial charge in [0.25, 0.3) is 0 Å². The number of likely N-dealkylation sites (N-methyl/N-ethyl adjacent to an activating group) is 1. The number of hydrogen-bond acceptors (Lipinski definition) is 3. The van der Waals surface area contributed by atoms with Gasteiger partial charge in [0.2, 0.25) is 5.91 Å². The fraction of sp³-hybridized carbons (Fsp3) is 0.750. The Labute approximate surface area is 112 Å². The summed E-state index contributed by atoms with van der Waals surface area (Å²) < 4.78 is 0. The van der Waals surface area contributed by atoms with Crippen LogP contribution in [-0.4, -0.2) is 54.1 Å². The predicted molar refractivity (Wildman–Crippen MR) is 68.6 cm³/mol. The van der Waals surface area contributed by atoms with Crippen molar-refractivity contribution in [3.63, 3.8) is 0 Å². The van der Waals surface area contributed by atoms with Gasteiger partial charge in [-0.05, 0) is 25.7 Å². The molecule has 1 saturated carbocycles. The molecule has 0 radical (unpaired) electrons. The zero-order valence-corrected chi connectivity index (χ0v) is 11.5. The number of carbonyl (C=O) groups excluding carboxylic acids is 2. The maximum Gasteiger partial charge on any atom is 0.315 e. The molecule has 1 fully saturated rings. The van der Waals surface area contributed by atoms with Crippen LogP contribution in [0.2, 0.25) is 0 Å². The molecule has 1 aliphatic carbocycles. The molecular formula is C12H21N3O4. The number of amides is 3. The maximum absolute atomic E-state index is 11.7. The molecule has 2 atom stereocenters. The summed E-state index contributed by atoms with van der Waals surface area (Å²) >= 11 is 0. The van der Waals surface area contributed by atoms with Gasteiger partial charge in [-0.1, -0.05) is 0 Å². The summed E-state index contributed by atoms with van der Waals surface area (Å²) in [5, 5.41) is 13.9. The van der Waals surface area contributed by atoms with Crippen LogP contribution >= 0.6 is 0 Å². The second-order valence-corrected chi connectivity index (χ2v) is 5.11. The van der Waals surface area contributed by atoms with Crippen LogP contribution in [0, 0.1) is 5.92 Å². The highest BCUT2D eigenvalue weighted by molar-refractivity contribution is 5.86. The standard InChI is InChI=1S/C12H21N3O4/c1-7(11(18)15(2)3)13-12(19)14-9(6-10(16)17)8-4-5-8/h7-9H,4-6H2,1-3H3,(H,16,17)(H2,13,14,19). The van der Waals surface area contributed by atoms with Gasteiger partial charge >= 0.3 is 12.0 Å². The van der Waals surface area contributed by atoms with Gasteiger partial charge < -0.3 is 20.6 Å².